The van der Waals surface area contributed by atoms with E-state index in [1.54, 1.807) is 0 Å². The Morgan fingerprint density at radius 2 is 2.33 bits per heavy atom. The molecule has 1 aliphatic carbocycles. The molecule has 0 fully saturated rings. The standard InChI is InChI=1S/C10H14O2/c1-3-8-5-4-7(2)9(6-8)10(11)12/h4-7,9H,3H2,1-2H3,(H,11,12)/t7-,9?/m0/s1. The largest absolute Gasteiger partial charge is 0.481 e. The molecule has 1 unspecified atom stereocenters. The summed E-state index contributed by atoms with van der Waals surface area (Å²) in [6.07, 6.45) is 6.75. The van der Waals surface area contributed by atoms with Crippen LogP contribution in [0.5, 0.6) is 0 Å². The predicted octanol–water partition coefficient (Wildman–Crippen LogP) is 2.23. The minimum absolute atomic E-state index is 0.123. The molecule has 0 aromatic rings. The summed E-state index contributed by atoms with van der Waals surface area (Å²) in [5.74, 6) is -0.930. The van der Waals surface area contributed by atoms with E-state index in [4.69, 9.17) is 5.11 Å². The maximum absolute atomic E-state index is 10.7. The van der Waals surface area contributed by atoms with Gasteiger partial charge in [0, 0.05) is 0 Å². The highest BCUT2D eigenvalue weighted by molar-refractivity contribution is 5.73. The lowest BCUT2D eigenvalue weighted by atomic mass is 9.86. The van der Waals surface area contributed by atoms with Gasteiger partial charge in [-0.2, -0.15) is 0 Å². The minimum Gasteiger partial charge on any atom is -0.481 e. The van der Waals surface area contributed by atoms with Crippen LogP contribution in [0.3, 0.4) is 0 Å². The van der Waals surface area contributed by atoms with E-state index in [9.17, 15) is 4.79 Å². The molecule has 1 N–H and O–H groups in total. The van der Waals surface area contributed by atoms with Crippen LogP contribution in [0.15, 0.2) is 23.8 Å². The molecule has 0 radical (unpaired) electrons. The van der Waals surface area contributed by atoms with E-state index in [-0.39, 0.29) is 11.8 Å². The summed E-state index contributed by atoms with van der Waals surface area (Å²) >= 11 is 0. The summed E-state index contributed by atoms with van der Waals surface area (Å²) in [6.45, 7) is 3.96. The van der Waals surface area contributed by atoms with E-state index in [2.05, 4.69) is 0 Å². The molecule has 66 valence electrons. The van der Waals surface area contributed by atoms with Gasteiger partial charge in [-0.05, 0) is 12.3 Å². The highest BCUT2D eigenvalue weighted by Gasteiger charge is 2.22. The van der Waals surface area contributed by atoms with Crippen LogP contribution in [0.1, 0.15) is 20.3 Å². The zero-order valence-corrected chi connectivity index (χ0v) is 7.45. The summed E-state index contributed by atoms with van der Waals surface area (Å²) in [7, 11) is 0. The van der Waals surface area contributed by atoms with Gasteiger partial charge in [0.25, 0.3) is 0 Å². The molecule has 2 atom stereocenters. The van der Waals surface area contributed by atoms with Crippen molar-refractivity contribution in [3.63, 3.8) is 0 Å². The van der Waals surface area contributed by atoms with Gasteiger partial charge in [-0.1, -0.05) is 37.6 Å². The Balaban J connectivity index is 2.81. The minimum atomic E-state index is -0.724. The Morgan fingerprint density at radius 3 is 2.83 bits per heavy atom. The molecule has 1 rings (SSSR count). The first-order chi connectivity index (χ1) is 5.65. The summed E-state index contributed by atoms with van der Waals surface area (Å²) in [5.41, 5.74) is 1.13. The monoisotopic (exact) mass is 166 g/mol. The van der Waals surface area contributed by atoms with Crippen LogP contribution in [0, 0.1) is 11.8 Å². The Bertz CT molecular complexity index is 238. The van der Waals surface area contributed by atoms with E-state index < -0.39 is 5.97 Å². The molecule has 0 aromatic heterocycles. The molecule has 0 saturated heterocycles. The van der Waals surface area contributed by atoms with Crippen LogP contribution in [0.25, 0.3) is 0 Å². The highest BCUT2D eigenvalue weighted by Crippen LogP contribution is 2.23. The summed E-state index contributed by atoms with van der Waals surface area (Å²) in [6, 6.07) is 0. The average Bonchev–Trinajstić information content (AvgIpc) is 2.05. The fourth-order valence-corrected chi connectivity index (χ4v) is 1.36. The quantitative estimate of drug-likeness (QED) is 0.683. The van der Waals surface area contributed by atoms with Gasteiger partial charge in [0.1, 0.15) is 0 Å². The Labute approximate surface area is 72.6 Å². The van der Waals surface area contributed by atoms with E-state index in [1.807, 2.05) is 32.1 Å². The number of allylic oxidation sites excluding steroid dienone is 3. The first kappa shape index (κ1) is 9.04. The molecule has 0 heterocycles. The third-order valence-electron chi connectivity index (χ3n) is 2.27. The van der Waals surface area contributed by atoms with Crippen molar-refractivity contribution in [1.82, 2.24) is 0 Å². The number of hydrogen-bond acceptors (Lipinski definition) is 1. The van der Waals surface area contributed by atoms with Crippen molar-refractivity contribution in [2.24, 2.45) is 11.8 Å². The number of aliphatic carboxylic acids is 1. The molecule has 0 spiro atoms. The van der Waals surface area contributed by atoms with Crippen LogP contribution in [-0.4, -0.2) is 11.1 Å². The van der Waals surface area contributed by atoms with Crippen molar-refractivity contribution in [2.75, 3.05) is 0 Å². The van der Waals surface area contributed by atoms with E-state index >= 15 is 0 Å². The first-order valence-corrected chi connectivity index (χ1v) is 4.27. The molecule has 12 heavy (non-hydrogen) atoms. The topological polar surface area (TPSA) is 37.3 Å². The van der Waals surface area contributed by atoms with Gasteiger partial charge < -0.3 is 5.11 Å². The second-order valence-electron chi connectivity index (χ2n) is 3.18. The maximum atomic E-state index is 10.7. The lowest BCUT2D eigenvalue weighted by Gasteiger charge is -2.18. The van der Waals surface area contributed by atoms with Crippen LogP contribution in [0.4, 0.5) is 0 Å². The molecule has 0 saturated carbocycles. The predicted molar refractivity (Wildman–Crippen MR) is 47.8 cm³/mol. The van der Waals surface area contributed by atoms with Crippen LogP contribution >= 0.6 is 0 Å². The first-order valence-electron chi connectivity index (χ1n) is 4.27. The van der Waals surface area contributed by atoms with Gasteiger partial charge in [-0.25, -0.2) is 0 Å². The van der Waals surface area contributed by atoms with E-state index in [1.165, 1.54) is 0 Å². The van der Waals surface area contributed by atoms with E-state index in [0.717, 1.165) is 12.0 Å². The summed E-state index contributed by atoms with van der Waals surface area (Å²) in [4.78, 5) is 10.7. The van der Waals surface area contributed by atoms with Gasteiger partial charge in [-0.15, -0.1) is 0 Å². The average molecular weight is 166 g/mol. The summed E-state index contributed by atoms with van der Waals surface area (Å²) < 4.78 is 0. The molecule has 2 nitrogen and oxygen atoms in total. The maximum Gasteiger partial charge on any atom is 0.310 e. The Morgan fingerprint density at radius 1 is 1.67 bits per heavy atom. The molecule has 1 aliphatic rings. The number of carboxylic acid groups (broad SMARTS) is 1. The fraction of sp³-hybridized carbons (Fsp3) is 0.500. The van der Waals surface area contributed by atoms with Crippen molar-refractivity contribution in [1.29, 1.82) is 0 Å². The second kappa shape index (κ2) is 3.57. The molecule has 2 heteroatoms. The normalized spacial score (nSPS) is 28.3. The Kier molecular flexibility index (Phi) is 2.69. The molecule has 0 bridgehead atoms. The third kappa shape index (κ3) is 1.76. The zero-order chi connectivity index (χ0) is 9.14. The van der Waals surface area contributed by atoms with Gasteiger partial charge in [0.05, 0.1) is 5.92 Å². The van der Waals surface area contributed by atoms with Crippen LogP contribution in [-0.2, 0) is 4.79 Å². The van der Waals surface area contributed by atoms with Crippen molar-refractivity contribution in [3.05, 3.63) is 23.8 Å². The van der Waals surface area contributed by atoms with Crippen molar-refractivity contribution < 1.29 is 9.90 Å². The number of carboxylic acids is 1. The van der Waals surface area contributed by atoms with Crippen molar-refractivity contribution in [2.45, 2.75) is 20.3 Å². The zero-order valence-electron chi connectivity index (χ0n) is 7.45. The number of rotatable bonds is 2. The number of hydrogen-bond donors (Lipinski definition) is 1. The summed E-state index contributed by atoms with van der Waals surface area (Å²) in [5, 5.41) is 8.84. The molecule has 0 aliphatic heterocycles. The van der Waals surface area contributed by atoms with Gasteiger partial charge in [-0.3, -0.25) is 4.79 Å². The van der Waals surface area contributed by atoms with Gasteiger partial charge in [0.2, 0.25) is 0 Å². The smallest absolute Gasteiger partial charge is 0.310 e. The Hall–Kier alpha value is -1.05. The van der Waals surface area contributed by atoms with Crippen molar-refractivity contribution >= 4 is 5.97 Å². The van der Waals surface area contributed by atoms with E-state index in [0.29, 0.717) is 0 Å². The molecule has 0 aromatic carbocycles. The van der Waals surface area contributed by atoms with Crippen LogP contribution < -0.4 is 0 Å². The van der Waals surface area contributed by atoms with Crippen molar-refractivity contribution in [3.8, 4) is 0 Å². The number of carbonyl (C=O) groups is 1. The van der Waals surface area contributed by atoms with Gasteiger partial charge in [0.15, 0.2) is 0 Å². The SMILES string of the molecule is CCC1=CC(C(=O)O)[C@@H](C)C=C1. The highest BCUT2D eigenvalue weighted by atomic mass is 16.4. The lowest BCUT2D eigenvalue weighted by Crippen LogP contribution is -2.20. The molecule has 0 amide bonds. The second-order valence-corrected chi connectivity index (χ2v) is 3.18. The third-order valence-corrected chi connectivity index (χ3v) is 2.27. The molecular formula is C10H14O2. The van der Waals surface area contributed by atoms with Gasteiger partial charge >= 0.3 is 5.97 Å². The lowest BCUT2D eigenvalue weighted by molar-refractivity contribution is -0.141. The fourth-order valence-electron chi connectivity index (χ4n) is 1.36. The van der Waals surface area contributed by atoms with Crippen LogP contribution in [0.2, 0.25) is 0 Å². The molecular weight excluding hydrogens is 152 g/mol.